The molecule has 156 valence electrons. The van der Waals surface area contributed by atoms with Crippen LogP contribution in [-0.4, -0.2) is 18.9 Å². The molecule has 0 saturated heterocycles. The number of rotatable bonds is 3. The molecule has 3 aromatic rings. The van der Waals surface area contributed by atoms with E-state index in [4.69, 9.17) is 18.6 Å². The van der Waals surface area contributed by atoms with Crippen LogP contribution in [0.4, 0.5) is 0 Å². The molecule has 31 heavy (non-hydrogen) atoms. The smallest absolute Gasteiger partial charge is 0.342 e. The van der Waals surface area contributed by atoms with Crippen LogP contribution in [0.25, 0.3) is 22.3 Å². The fourth-order valence-electron chi connectivity index (χ4n) is 3.95. The van der Waals surface area contributed by atoms with Crippen molar-refractivity contribution in [1.29, 1.82) is 0 Å². The number of aryl methyl sites for hydroxylation is 2. The zero-order chi connectivity index (χ0) is 21.7. The maximum atomic E-state index is 12.9. The third-order valence-electron chi connectivity index (χ3n) is 5.34. The third-order valence-corrected chi connectivity index (χ3v) is 5.34. The van der Waals surface area contributed by atoms with E-state index < -0.39 is 17.9 Å². The predicted molar refractivity (Wildman–Crippen MR) is 115 cm³/mol. The number of hydrogen-bond donors (Lipinski definition) is 0. The molecule has 0 spiro atoms. The average Bonchev–Trinajstić information content (AvgIpc) is 2.73. The van der Waals surface area contributed by atoms with Crippen molar-refractivity contribution in [2.24, 2.45) is 0 Å². The molecule has 5 rings (SSSR count). The van der Waals surface area contributed by atoms with Gasteiger partial charge in [0.25, 0.3) is 6.29 Å². The van der Waals surface area contributed by atoms with Gasteiger partial charge in [-0.3, -0.25) is 0 Å². The number of carbonyl (C=O) groups excluding carboxylic acids is 1. The molecule has 2 aliphatic rings. The summed E-state index contributed by atoms with van der Waals surface area (Å²) in [6.07, 6.45) is 0.780. The molecule has 0 saturated carbocycles. The van der Waals surface area contributed by atoms with Crippen LogP contribution in [0.3, 0.4) is 0 Å². The number of benzene rings is 2. The predicted octanol–water partition coefficient (Wildman–Crippen LogP) is 4.52. The Balaban J connectivity index is 1.76. The van der Waals surface area contributed by atoms with Gasteiger partial charge in [-0.05, 0) is 50.6 Å². The first-order valence-electron chi connectivity index (χ1n) is 10.1. The Morgan fingerprint density at radius 3 is 2.52 bits per heavy atom. The second kappa shape index (κ2) is 7.16. The van der Waals surface area contributed by atoms with Gasteiger partial charge in [0.1, 0.15) is 17.1 Å². The standard InChI is InChI=1S/C25H20O6/c1-4-28-23-18-9-13(2)6-8-20(18)30-25-19(23)11-17(24(27)31-25)16-12-22(26)29-21-10-14(3)5-7-15(16)21/h5-12,25H,4H2,1-3H3. The Labute approximate surface area is 178 Å². The summed E-state index contributed by atoms with van der Waals surface area (Å²) in [5, 5.41) is 0.651. The summed E-state index contributed by atoms with van der Waals surface area (Å²) >= 11 is 0. The van der Waals surface area contributed by atoms with Gasteiger partial charge in [-0.1, -0.05) is 23.8 Å². The highest BCUT2D eigenvalue weighted by Gasteiger charge is 2.37. The summed E-state index contributed by atoms with van der Waals surface area (Å²) in [5.74, 6) is 0.618. The summed E-state index contributed by atoms with van der Waals surface area (Å²) in [4.78, 5) is 25.1. The Kier molecular flexibility index (Phi) is 4.43. The third kappa shape index (κ3) is 3.20. The molecule has 1 unspecified atom stereocenters. The number of hydrogen-bond acceptors (Lipinski definition) is 6. The second-order valence-electron chi connectivity index (χ2n) is 7.61. The van der Waals surface area contributed by atoms with Crippen LogP contribution in [0, 0.1) is 13.8 Å². The quantitative estimate of drug-likeness (QED) is 0.462. The summed E-state index contributed by atoms with van der Waals surface area (Å²) in [5.41, 5.74) is 3.98. The molecule has 6 nitrogen and oxygen atoms in total. The molecule has 2 aliphatic heterocycles. The first-order chi connectivity index (χ1) is 14.9. The minimum Gasteiger partial charge on any atom is -0.493 e. The molecular formula is C25H20O6. The van der Waals surface area contributed by atoms with Crippen molar-refractivity contribution in [2.75, 3.05) is 6.61 Å². The largest absolute Gasteiger partial charge is 0.493 e. The van der Waals surface area contributed by atoms with Crippen LogP contribution >= 0.6 is 0 Å². The molecule has 0 fully saturated rings. The van der Waals surface area contributed by atoms with E-state index in [1.165, 1.54) is 6.07 Å². The Morgan fingerprint density at radius 2 is 1.71 bits per heavy atom. The Hall–Kier alpha value is -3.80. The van der Waals surface area contributed by atoms with Crippen molar-refractivity contribution < 1.29 is 23.4 Å². The van der Waals surface area contributed by atoms with Gasteiger partial charge in [0, 0.05) is 17.0 Å². The lowest BCUT2D eigenvalue weighted by molar-refractivity contribution is -0.152. The summed E-state index contributed by atoms with van der Waals surface area (Å²) < 4.78 is 22.9. The van der Waals surface area contributed by atoms with Gasteiger partial charge >= 0.3 is 11.6 Å². The van der Waals surface area contributed by atoms with Gasteiger partial charge in [0.15, 0.2) is 0 Å². The molecule has 0 amide bonds. The highest BCUT2D eigenvalue weighted by molar-refractivity contribution is 6.21. The molecule has 1 atom stereocenters. The van der Waals surface area contributed by atoms with Crippen molar-refractivity contribution in [3.05, 3.63) is 86.8 Å². The monoisotopic (exact) mass is 416 g/mol. The van der Waals surface area contributed by atoms with E-state index in [2.05, 4.69) is 0 Å². The highest BCUT2D eigenvalue weighted by atomic mass is 16.7. The van der Waals surface area contributed by atoms with Gasteiger partial charge in [-0.2, -0.15) is 0 Å². The van der Waals surface area contributed by atoms with Gasteiger partial charge in [0.2, 0.25) is 0 Å². The summed E-state index contributed by atoms with van der Waals surface area (Å²) in [6.45, 7) is 6.22. The molecule has 3 heterocycles. The van der Waals surface area contributed by atoms with Crippen molar-refractivity contribution in [2.45, 2.75) is 27.1 Å². The minimum atomic E-state index is -0.915. The summed E-state index contributed by atoms with van der Waals surface area (Å²) in [6, 6.07) is 12.6. The van der Waals surface area contributed by atoms with Crippen LogP contribution < -0.4 is 10.4 Å². The van der Waals surface area contributed by atoms with Crippen molar-refractivity contribution in [1.82, 2.24) is 0 Å². The maximum absolute atomic E-state index is 12.9. The topological polar surface area (TPSA) is 75.0 Å². The van der Waals surface area contributed by atoms with E-state index in [0.717, 1.165) is 16.7 Å². The van der Waals surface area contributed by atoms with Crippen LogP contribution in [0.1, 0.15) is 29.2 Å². The van der Waals surface area contributed by atoms with Gasteiger partial charge < -0.3 is 18.6 Å². The highest BCUT2D eigenvalue weighted by Crippen LogP contribution is 2.42. The number of esters is 1. The molecule has 6 heteroatoms. The second-order valence-corrected chi connectivity index (χ2v) is 7.61. The number of fused-ring (bicyclic) bond motifs is 3. The lowest BCUT2D eigenvalue weighted by Crippen LogP contribution is -2.34. The number of ether oxygens (including phenoxy) is 3. The molecule has 1 aromatic heterocycles. The average molecular weight is 416 g/mol. The van der Waals surface area contributed by atoms with E-state index in [9.17, 15) is 9.59 Å². The first-order valence-corrected chi connectivity index (χ1v) is 10.1. The Morgan fingerprint density at radius 1 is 0.935 bits per heavy atom. The van der Waals surface area contributed by atoms with Crippen molar-refractivity contribution in [3.63, 3.8) is 0 Å². The molecular weight excluding hydrogens is 396 g/mol. The summed E-state index contributed by atoms with van der Waals surface area (Å²) in [7, 11) is 0. The van der Waals surface area contributed by atoms with Crippen LogP contribution in [0.15, 0.2) is 63.3 Å². The van der Waals surface area contributed by atoms with Crippen molar-refractivity contribution in [3.8, 4) is 5.75 Å². The number of carbonyl (C=O) groups is 1. The molecule has 2 aromatic carbocycles. The fraction of sp³-hybridized carbons (Fsp3) is 0.200. The zero-order valence-electron chi connectivity index (χ0n) is 17.4. The minimum absolute atomic E-state index is 0.255. The normalized spacial score (nSPS) is 17.5. The SMILES string of the molecule is CCOC1=C2C=C(c3cc(=O)oc4cc(C)ccc34)C(=O)OC2Oc2ccc(C)cc21. The van der Waals surface area contributed by atoms with Gasteiger partial charge in [-0.15, -0.1) is 0 Å². The molecule has 0 radical (unpaired) electrons. The zero-order valence-corrected chi connectivity index (χ0v) is 17.4. The lowest BCUT2D eigenvalue weighted by atomic mass is 9.94. The van der Waals surface area contributed by atoms with Crippen LogP contribution in [-0.2, 0) is 14.3 Å². The van der Waals surface area contributed by atoms with Gasteiger partial charge in [-0.25, -0.2) is 9.59 Å². The molecule has 0 bridgehead atoms. The van der Waals surface area contributed by atoms with E-state index in [1.54, 1.807) is 12.1 Å². The van der Waals surface area contributed by atoms with Crippen LogP contribution in [0.2, 0.25) is 0 Å². The lowest BCUT2D eigenvalue weighted by Gasteiger charge is -2.32. The van der Waals surface area contributed by atoms with E-state index in [1.807, 2.05) is 51.1 Å². The van der Waals surface area contributed by atoms with E-state index in [-0.39, 0.29) is 5.57 Å². The molecule has 0 N–H and O–H groups in total. The first kappa shape index (κ1) is 19.2. The van der Waals surface area contributed by atoms with E-state index >= 15 is 0 Å². The van der Waals surface area contributed by atoms with E-state index in [0.29, 0.717) is 40.2 Å². The Bertz CT molecular complexity index is 1360. The van der Waals surface area contributed by atoms with Crippen molar-refractivity contribution >= 4 is 28.3 Å². The van der Waals surface area contributed by atoms with Gasteiger partial charge in [0.05, 0.1) is 23.3 Å². The fourth-order valence-corrected chi connectivity index (χ4v) is 3.95. The maximum Gasteiger partial charge on any atom is 0.342 e. The van der Waals surface area contributed by atoms with Crippen LogP contribution in [0.5, 0.6) is 5.75 Å². The molecule has 0 aliphatic carbocycles.